The van der Waals surface area contributed by atoms with Crippen LogP contribution in [0.2, 0.25) is 5.02 Å². The van der Waals surface area contributed by atoms with Gasteiger partial charge in [-0.1, -0.05) is 29.8 Å². The fraction of sp³-hybridized carbons (Fsp3) is 0.562. The quantitative estimate of drug-likeness (QED) is 0.413. The highest BCUT2D eigenvalue weighted by Gasteiger charge is 2.00. The highest BCUT2D eigenvalue weighted by Crippen LogP contribution is 2.16. The lowest BCUT2D eigenvalue weighted by Gasteiger charge is -2.12. The third-order valence-electron chi connectivity index (χ3n) is 3.16. The van der Waals surface area contributed by atoms with E-state index in [1.165, 1.54) is 24.2 Å². The minimum absolute atomic E-state index is 0.855. The number of nitrogens with zero attached hydrogens (tertiary/aromatic N) is 1. The molecule has 0 saturated carbocycles. The Morgan fingerprint density at radius 1 is 1.14 bits per heavy atom. The number of benzene rings is 1. The van der Waals surface area contributed by atoms with Crippen LogP contribution in [0.25, 0.3) is 0 Å². The van der Waals surface area contributed by atoms with E-state index in [4.69, 9.17) is 11.6 Å². The van der Waals surface area contributed by atoms with Crippen molar-refractivity contribution in [2.24, 2.45) is 4.99 Å². The zero-order chi connectivity index (χ0) is 15.3. The van der Waals surface area contributed by atoms with Gasteiger partial charge in [0.05, 0.1) is 0 Å². The molecule has 3 nitrogen and oxygen atoms in total. The molecule has 21 heavy (non-hydrogen) atoms. The molecule has 0 radical (unpaired) electrons. The van der Waals surface area contributed by atoms with E-state index in [2.05, 4.69) is 27.9 Å². The molecular formula is C16H26ClN3S. The van der Waals surface area contributed by atoms with E-state index < -0.39 is 0 Å². The molecule has 0 bridgehead atoms. The summed E-state index contributed by atoms with van der Waals surface area (Å²) >= 11 is 8.04. The van der Waals surface area contributed by atoms with Crippen LogP contribution in [0, 0.1) is 0 Å². The number of guanidine groups is 1. The first-order valence-electron chi connectivity index (χ1n) is 7.44. The Hall–Kier alpha value is -0.870. The first-order chi connectivity index (χ1) is 10.3. The number of hydrogen-bond donors (Lipinski definition) is 2. The fourth-order valence-electron chi connectivity index (χ4n) is 1.99. The van der Waals surface area contributed by atoms with Gasteiger partial charge in [-0.3, -0.25) is 4.99 Å². The van der Waals surface area contributed by atoms with Gasteiger partial charge in [0.25, 0.3) is 0 Å². The summed E-state index contributed by atoms with van der Waals surface area (Å²) in [7, 11) is 1.81. The molecule has 0 aliphatic heterocycles. The molecule has 0 heterocycles. The van der Waals surface area contributed by atoms with Gasteiger partial charge >= 0.3 is 0 Å². The molecule has 5 heteroatoms. The summed E-state index contributed by atoms with van der Waals surface area (Å²) in [5.41, 5.74) is 1.21. The van der Waals surface area contributed by atoms with Crippen molar-refractivity contribution in [3.63, 3.8) is 0 Å². The SMILES string of the molecule is CN=C(NCCCCSC)NCCCc1ccccc1Cl. The number of rotatable bonds is 9. The van der Waals surface area contributed by atoms with Gasteiger partial charge in [-0.2, -0.15) is 11.8 Å². The summed E-state index contributed by atoms with van der Waals surface area (Å²) in [6.07, 6.45) is 6.60. The Balaban J connectivity index is 2.14. The van der Waals surface area contributed by atoms with Crippen LogP contribution in [0.15, 0.2) is 29.3 Å². The topological polar surface area (TPSA) is 36.4 Å². The minimum atomic E-state index is 0.855. The maximum absolute atomic E-state index is 6.14. The highest BCUT2D eigenvalue weighted by molar-refractivity contribution is 7.98. The zero-order valence-electron chi connectivity index (χ0n) is 13.0. The fourth-order valence-corrected chi connectivity index (χ4v) is 2.71. The Bertz CT molecular complexity index is 424. The Morgan fingerprint density at radius 3 is 2.52 bits per heavy atom. The van der Waals surface area contributed by atoms with E-state index in [0.717, 1.165) is 36.9 Å². The number of aliphatic imine (C=N–C) groups is 1. The van der Waals surface area contributed by atoms with Crippen molar-refractivity contribution >= 4 is 29.3 Å². The van der Waals surface area contributed by atoms with Gasteiger partial charge in [0.1, 0.15) is 0 Å². The molecule has 0 atom stereocenters. The largest absolute Gasteiger partial charge is 0.356 e. The first-order valence-corrected chi connectivity index (χ1v) is 9.22. The van der Waals surface area contributed by atoms with Crippen LogP contribution >= 0.6 is 23.4 Å². The smallest absolute Gasteiger partial charge is 0.190 e. The zero-order valence-corrected chi connectivity index (χ0v) is 14.6. The monoisotopic (exact) mass is 327 g/mol. The van der Waals surface area contributed by atoms with Gasteiger partial charge in [-0.25, -0.2) is 0 Å². The van der Waals surface area contributed by atoms with Crippen molar-refractivity contribution in [1.82, 2.24) is 10.6 Å². The molecule has 1 rings (SSSR count). The molecular weight excluding hydrogens is 302 g/mol. The van der Waals surface area contributed by atoms with Crippen molar-refractivity contribution in [2.75, 3.05) is 32.1 Å². The van der Waals surface area contributed by atoms with Crippen molar-refractivity contribution in [3.8, 4) is 0 Å². The van der Waals surface area contributed by atoms with Crippen LogP contribution in [0.4, 0.5) is 0 Å². The van der Waals surface area contributed by atoms with E-state index >= 15 is 0 Å². The van der Waals surface area contributed by atoms with Gasteiger partial charge in [0, 0.05) is 25.2 Å². The van der Waals surface area contributed by atoms with E-state index in [-0.39, 0.29) is 0 Å². The van der Waals surface area contributed by atoms with Gasteiger partial charge in [0.2, 0.25) is 0 Å². The molecule has 118 valence electrons. The van der Waals surface area contributed by atoms with Crippen molar-refractivity contribution in [1.29, 1.82) is 0 Å². The van der Waals surface area contributed by atoms with Crippen LogP contribution < -0.4 is 10.6 Å². The summed E-state index contributed by atoms with van der Waals surface area (Å²) in [5, 5.41) is 7.54. The van der Waals surface area contributed by atoms with Crippen LogP contribution in [0.3, 0.4) is 0 Å². The summed E-state index contributed by atoms with van der Waals surface area (Å²) in [6, 6.07) is 8.02. The number of unbranched alkanes of at least 4 members (excludes halogenated alkanes) is 1. The Kier molecular flexibility index (Phi) is 10.2. The Labute approximate surface area is 138 Å². The summed E-state index contributed by atoms with van der Waals surface area (Å²) in [4.78, 5) is 4.23. The van der Waals surface area contributed by atoms with Gasteiger partial charge in [-0.15, -0.1) is 0 Å². The molecule has 0 amide bonds. The second-order valence-electron chi connectivity index (χ2n) is 4.82. The van der Waals surface area contributed by atoms with E-state index in [0.29, 0.717) is 0 Å². The summed E-state index contributed by atoms with van der Waals surface area (Å²) in [5.74, 6) is 2.12. The average Bonchev–Trinajstić information content (AvgIpc) is 2.50. The molecule has 0 aliphatic carbocycles. The second-order valence-corrected chi connectivity index (χ2v) is 6.21. The molecule has 0 aromatic heterocycles. The van der Waals surface area contributed by atoms with Crippen LogP contribution in [-0.4, -0.2) is 38.1 Å². The van der Waals surface area contributed by atoms with Crippen molar-refractivity contribution < 1.29 is 0 Å². The number of aryl methyl sites for hydroxylation is 1. The van der Waals surface area contributed by atoms with Crippen LogP contribution in [0.1, 0.15) is 24.8 Å². The van der Waals surface area contributed by atoms with Gasteiger partial charge in [-0.05, 0) is 49.3 Å². The predicted octanol–water partition coefficient (Wildman–Crippen LogP) is 3.58. The minimum Gasteiger partial charge on any atom is -0.356 e. The molecule has 2 N–H and O–H groups in total. The van der Waals surface area contributed by atoms with Crippen molar-refractivity contribution in [2.45, 2.75) is 25.7 Å². The van der Waals surface area contributed by atoms with Gasteiger partial charge < -0.3 is 10.6 Å². The first kappa shape index (κ1) is 18.2. The second kappa shape index (κ2) is 11.8. The maximum atomic E-state index is 6.14. The van der Waals surface area contributed by atoms with Crippen molar-refractivity contribution in [3.05, 3.63) is 34.9 Å². The maximum Gasteiger partial charge on any atom is 0.190 e. The number of hydrogen-bond acceptors (Lipinski definition) is 2. The molecule has 0 spiro atoms. The lowest BCUT2D eigenvalue weighted by Crippen LogP contribution is -2.38. The number of nitrogens with one attached hydrogen (secondary N) is 2. The molecule has 1 aromatic rings. The number of thioether (sulfide) groups is 1. The normalized spacial score (nSPS) is 11.5. The third-order valence-corrected chi connectivity index (χ3v) is 4.23. The predicted molar refractivity (Wildman–Crippen MR) is 96.8 cm³/mol. The highest BCUT2D eigenvalue weighted by atomic mass is 35.5. The lowest BCUT2D eigenvalue weighted by atomic mass is 10.1. The van der Waals surface area contributed by atoms with E-state index in [1.54, 1.807) is 0 Å². The number of halogens is 1. The van der Waals surface area contributed by atoms with E-state index in [9.17, 15) is 0 Å². The summed E-state index contributed by atoms with van der Waals surface area (Å²) in [6.45, 7) is 1.88. The Morgan fingerprint density at radius 2 is 1.86 bits per heavy atom. The molecule has 1 aromatic carbocycles. The lowest BCUT2D eigenvalue weighted by molar-refractivity contribution is 0.713. The molecule has 0 fully saturated rings. The van der Waals surface area contributed by atoms with Crippen LogP contribution in [0.5, 0.6) is 0 Å². The molecule has 0 aliphatic rings. The van der Waals surface area contributed by atoms with Gasteiger partial charge in [0.15, 0.2) is 5.96 Å². The third kappa shape index (κ3) is 8.22. The molecule has 0 unspecified atom stereocenters. The standard InChI is InChI=1S/C16H26ClN3S/c1-18-16(19-11-5-6-13-21-2)20-12-7-9-14-8-3-4-10-15(14)17/h3-4,8,10H,5-7,9,11-13H2,1-2H3,(H2,18,19,20). The summed E-state index contributed by atoms with van der Waals surface area (Å²) < 4.78 is 0. The van der Waals surface area contributed by atoms with Crippen LogP contribution in [-0.2, 0) is 6.42 Å². The van der Waals surface area contributed by atoms with E-state index in [1.807, 2.05) is 37.0 Å². The molecule has 0 saturated heterocycles. The average molecular weight is 328 g/mol.